The summed E-state index contributed by atoms with van der Waals surface area (Å²) in [7, 11) is -2.06. The second-order valence-corrected chi connectivity index (χ2v) is 19.0. The number of rotatable bonds is 11. The second kappa shape index (κ2) is 23.1. The molecule has 1 saturated heterocycles. The topological polar surface area (TPSA) is 155 Å². The first-order chi connectivity index (χ1) is 27.4. The van der Waals surface area contributed by atoms with Crippen LogP contribution in [0.15, 0.2) is 61.7 Å². The number of aryl methyl sites for hydroxylation is 1. The molecule has 14 heteroatoms. The van der Waals surface area contributed by atoms with E-state index < -0.39 is 27.3 Å². The number of anilines is 1. The van der Waals surface area contributed by atoms with E-state index >= 15 is 0 Å². The number of carbonyl (C=O) groups is 1. The molecule has 0 radical (unpaired) electrons. The van der Waals surface area contributed by atoms with Crippen LogP contribution >= 0.6 is 34.2 Å². The molecular formula is C44H68ClIN4O7S. The van der Waals surface area contributed by atoms with Crippen LogP contribution in [0, 0.1) is 17.8 Å². The van der Waals surface area contributed by atoms with Gasteiger partial charge in [-0.05, 0) is 123 Å². The summed E-state index contributed by atoms with van der Waals surface area (Å²) < 4.78 is 33.4. The number of ether oxygens (including phenoxy) is 2. The highest BCUT2D eigenvalue weighted by molar-refractivity contribution is 14.1. The Morgan fingerprint density at radius 1 is 1.17 bits per heavy atom. The first-order valence-corrected chi connectivity index (χ1v) is 24.4. The highest BCUT2D eigenvalue weighted by Gasteiger charge is 2.44. The van der Waals surface area contributed by atoms with Crippen LogP contribution in [0.1, 0.15) is 81.3 Å². The molecule has 6 rings (SSSR count). The number of nitrogens with zero attached hydrogens (tertiary/aromatic N) is 2. The smallest absolute Gasteiger partial charge is 0.335 e. The molecule has 11 nitrogen and oxygen atoms in total. The number of aliphatic hydroxyl groups excluding tert-OH is 1. The van der Waals surface area contributed by atoms with Crippen molar-refractivity contribution in [1.29, 1.82) is 0 Å². The standard InChI is InChI=1S/C27H30ClNO4.C8H18N2.C8H17NO3S.CH3I/c1-2-24(30)21-8-5-19(21)14-29-15-27(11-3-4-17-12-20(28)7-9-22(17)27)16-33-25-10-6-18(26(31)32)13-23(25)29;1-8(2,3)10-6-4-9-5-7-10;1-4-5-7(2)8(6-12-3)13(9,10)11;1-2/h2,6-7,9-10,12-13,19,21,24,30H,1,3-5,8,11,14-16H2,(H,31,32);9H,4-7H2,1-3H3;4,7-8H,1,5-6H2,2-3H3,(H2,9,10,11);1H3/t19-,21+,24-,27-;;7-,8+;/m0.0./s1. The number of methoxy groups -OCH3 is 1. The fraction of sp³-hybridized carbons (Fsp3) is 0.614. The summed E-state index contributed by atoms with van der Waals surface area (Å²) in [6, 6.07) is 11.3. The van der Waals surface area contributed by atoms with Gasteiger partial charge in [0.05, 0.1) is 30.6 Å². The van der Waals surface area contributed by atoms with Crippen molar-refractivity contribution in [3.05, 3.63) is 83.4 Å². The number of carboxylic acids is 1. The van der Waals surface area contributed by atoms with Crippen LogP contribution in [0.3, 0.4) is 0 Å². The van der Waals surface area contributed by atoms with E-state index in [0.29, 0.717) is 24.5 Å². The Hall–Kier alpha value is -2.24. The molecule has 326 valence electrons. The van der Waals surface area contributed by atoms with Gasteiger partial charge >= 0.3 is 5.97 Å². The number of nitrogens with one attached hydrogen (secondary N) is 1. The number of primary sulfonamides is 1. The van der Waals surface area contributed by atoms with Crippen molar-refractivity contribution in [3.8, 4) is 5.75 Å². The van der Waals surface area contributed by atoms with Crippen LogP contribution < -0.4 is 20.1 Å². The fourth-order valence-corrected chi connectivity index (χ4v) is 9.75. The van der Waals surface area contributed by atoms with E-state index in [2.05, 4.69) is 83.8 Å². The van der Waals surface area contributed by atoms with Gasteiger partial charge in [-0.25, -0.2) is 18.4 Å². The van der Waals surface area contributed by atoms with Crippen molar-refractivity contribution in [1.82, 2.24) is 10.2 Å². The van der Waals surface area contributed by atoms with E-state index in [9.17, 15) is 23.4 Å². The van der Waals surface area contributed by atoms with Crippen LogP contribution in [0.25, 0.3) is 0 Å². The lowest BCUT2D eigenvalue weighted by molar-refractivity contribution is 0.0460. The van der Waals surface area contributed by atoms with Gasteiger partial charge in [0, 0.05) is 62.4 Å². The highest BCUT2D eigenvalue weighted by atomic mass is 127. The van der Waals surface area contributed by atoms with Crippen molar-refractivity contribution in [3.63, 3.8) is 0 Å². The summed E-state index contributed by atoms with van der Waals surface area (Å²) in [6.45, 7) is 22.8. The fourth-order valence-electron chi connectivity index (χ4n) is 8.47. The number of allylic oxidation sites excluding steroid dienone is 1. The maximum absolute atomic E-state index is 11.7. The molecule has 1 spiro atoms. The second-order valence-electron chi connectivity index (χ2n) is 16.8. The van der Waals surface area contributed by atoms with Crippen molar-refractivity contribution in [2.24, 2.45) is 22.9 Å². The van der Waals surface area contributed by atoms with Gasteiger partial charge in [-0.1, -0.05) is 59.3 Å². The molecule has 2 heterocycles. The van der Waals surface area contributed by atoms with Crippen LogP contribution in [-0.4, -0.2) is 111 Å². The summed E-state index contributed by atoms with van der Waals surface area (Å²) in [6.07, 6.45) is 8.50. The Morgan fingerprint density at radius 3 is 2.40 bits per heavy atom. The summed E-state index contributed by atoms with van der Waals surface area (Å²) in [5, 5.41) is 28.5. The average Bonchev–Trinajstić information content (AvgIpc) is 3.33. The number of piperazine rings is 1. The number of hydrogen-bond acceptors (Lipinski definition) is 9. The average molecular weight is 959 g/mol. The molecule has 2 fully saturated rings. The Kier molecular flexibility index (Phi) is 20.0. The van der Waals surface area contributed by atoms with Gasteiger partial charge < -0.3 is 29.9 Å². The number of halogens is 2. The number of aliphatic hydroxyl groups is 1. The number of carboxylic acid groups (broad SMARTS) is 1. The Morgan fingerprint density at radius 2 is 1.86 bits per heavy atom. The quantitative estimate of drug-likeness (QED) is 0.102. The number of nitrogens with two attached hydrogens (primary N) is 1. The molecule has 0 bridgehead atoms. The number of benzene rings is 2. The van der Waals surface area contributed by atoms with Crippen LogP contribution in [0.4, 0.5) is 5.69 Å². The number of fused-ring (bicyclic) bond motifs is 3. The number of aromatic carboxylic acids is 1. The van der Waals surface area contributed by atoms with Crippen LogP contribution in [0.2, 0.25) is 5.02 Å². The summed E-state index contributed by atoms with van der Waals surface area (Å²) in [5.74, 6) is 0.220. The maximum atomic E-state index is 11.7. The lowest BCUT2D eigenvalue weighted by atomic mass is 9.68. The molecule has 2 aliphatic heterocycles. The Labute approximate surface area is 366 Å². The lowest BCUT2D eigenvalue weighted by Gasteiger charge is -2.45. The van der Waals surface area contributed by atoms with Crippen LogP contribution in [-0.2, 0) is 26.6 Å². The summed E-state index contributed by atoms with van der Waals surface area (Å²) >= 11 is 8.46. The predicted molar refractivity (Wildman–Crippen MR) is 246 cm³/mol. The highest BCUT2D eigenvalue weighted by Crippen LogP contribution is 2.46. The SMILES string of the molecule is C=CC[C@H](C)[C@@H](COC)S(N)(=O)=O.C=C[C@H](O)[C@@H]1CC[C@H]1CN1C[C@@]2(CCCc3cc(Cl)ccc32)COc2ccc(C(=O)O)cc21.CC(C)(C)N1CCNCC1.CI. The molecule has 1 saturated carbocycles. The molecule has 2 aliphatic carbocycles. The van der Waals surface area contributed by atoms with Crippen molar-refractivity contribution in [2.75, 3.05) is 69.4 Å². The maximum Gasteiger partial charge on any atom is 0.335 e. The van der Waals surface area contributed by atoms with E-state index in [0.717, 1.165) is 74.7 Å². The van der Waals surface area contributed by atoms with E-state index in [1.54, 1.807) is 30.4 Å². The minimum Gasteiger partial charge on any atom is -0.490 e. The Bertz CT molecular complexity index is 1750. The van der Waals surface area contributed by atoms with Gasteiger partial charge in [-0.3, -0.25) is 4.90 Å². The molecule has 5 N–H and O–H groups in total. The minimum absolute atomic E-state index is 0.0625. The van der Waals surface area contributed by atoms with Gasteiger partial charge in [-0.2, -0.15) is 0 Å². The zero-order valence-corrected chi connectivity index (χ0v) is 39.1. The van der Waals surface area contributed by atoms with Crippen LogP contribution in [0.5, 0.6) is 5.75 Å². The van der Waals surface area contributed by atoms with E-state index in [1.807, 2.05) is 17.9 Å². The predicted octanol–water partition coefficient (Wildman–Crippen LogP) is 7.33. The van der Waals surface area contributed by atoms with Gasteiger partial charge in [0.1, 0.15) is 11.0 Å². The van der Waals surface area contributed by atoms with Gasteiger partial charge in [0.15, 0.2) is 0 Å². The number of alkyl halides is 1. The lowest BCUT2D eigenvalue weighted by Crippen LogP contribution is -2.51. The van der Waals surface area contributed by atoms with Gasteiger partial charge in [-0.15, -0.1) is 13.2 Å². The van der Waals surface area contributed by atoms with Gasteiger partial charge in [0.2, 0.25) is 10.0 Å². The molecule has 4 aliphatic rings. The zero-order chi connectivity index (χ0) is 43.3. The van der Waals surface area contributed by atoms with Crippen molar-refractivity contribution < 1.29 is 32.9 Å². The third-order valence-corrected chi connectivity index (χ3v) is 13.6. The molecule has 6 atom stereocenters. The van der Waals surface area contributed by atoms with E-state index in [4.69, 9.17) is 26.2 Å². The van der Waals surface area contributed by atoms with Crippen molar-refractivity contribution in [2.45, 2.75) is 88.5 Å². The summed E-state index contributed by atoms with van der Waals surface area (Å²) in [4.78, 5) is 18.5. The summed E-state index contributed by atoms with van der Waals surface area (Å²) in [5.41, 5.74) is 3.81. The molecule has 2 aromatic carbocycles. The molecule has 0 unspecified atom stereocenters. The third-order valence-electron chi connectivity index (χ3n) is 11.9. The molecule has 0 amide bonds. The monoisotopic (exact) mass is 958 g/mol. The van der Waals surface area contributed by atoms with E-state index in [1.165, 1.54) is 31.3 Å². The van der Waals surface area contributed by atoms with Crippen molar-refractivity contribution >= 4 is 55.9 Å². The number of sulfonamides is 1. The molecule has 58 heavy (non-hydrogen) atoms. The Balaban J connectivity index is 0.000000296. The normalized spacial score (nSPS) is 23.1. The largest absolute Gasteiger partial charge is 0.490 e. The number of hydrogen-bond donors (Lipinski definition) is 4. The third kappa shape index (κ3) is 13.6. The zero-order valence-electron chi connectivity index (χ0n) is 35.4. The molecule has 0 aromatic heterocycles. The minimum atomic E-state index is -3.52. The molecular weight excluding hydrogens is 891 g/mol. The molecule has 2 aromatic rings. The first-order valence-electron chi connectivity index (χ1n) is 20.2. The van der Waals surface area contributed by atoms with Gasteiger partial charge in [0.25, 0.3) is 0 Å². The first kappa shape index (κ1) is 50.1. The van der Waals surface area contributed by atoms with E-state index in [-0.39, 0.29) is 29.4 Å².